The molecule has 1 unspecified atom stereocenters. The van der Waals surface area contributed by atoms with Crippen molar-refractivity contribution < 1.29 is 14.4 Å². The lowest BCUT2D eigenvalue weighted by Gasteiger charge is -2.30. The molecule has 188 valence electrons. The monoisotopic (exact) mass is 486 g/mol. The van der Waals surface area contributed by atoms with Gasteiger partial charge in [0.25, 0.3) is 5.91 Å². The molecule has 3 aliphatic rings. The topological polar surface area (TPSA) is 81.8 Å². The van der Waals surface area contributed by atoms with E-state index in [0.717, 1.165) is 48.3 Å². The number of hydrogen-bond donors (Lipinski definition) is 2. The number of amides is 2. The maximum absolute atomic E-state index is 13.0. The molecule has 0 aromatic heterocycles. The van der Waals surface area contributed by atoms with Crippen LogP contribution in [0.3, 0.4) is 0 Å². The second-order valence-electron chi connectivity index (χ2n) is 10.3. The fourth-order valence-electron chi connectivity index (χ4n) is 5.44. The van der Waals surface area contributed by atoms with Crippen LogP contribution in [0.1, 0.15) is 63.9 Å². The first-order chi connectivity index (χ1) is 17.4. The van der Waals surface area contributed by atoms with Gasteiger partial charge in [-0.1, -0.05) is 30.8 Å². The molecule has 0 radical (unpaired) electrons. The van der Waals surface area contributed by atoms with Crippen molar-refractivity contribution in [3.05, 3.63) is 77.0 Å². The van der Waals surface area contributed by atoms with Crippen molar-refractivity contribution in [2.45, 2.75) is 57.2 Å². The number of nitrogens with one attached hydrogen (secondary N) is 2. The highest BCUT2D eigenvalue weighted by Gasteiger charge is 2.38. The zero-order valence-electron chi connectivity index (χ0n) is 20.9. The molecule has 2 N–H and O–H groups in total. The number of fused-ring (bicyclic) bond motifs is 1. The Morgan fingerprint density at radius 1 is 1.11 bits per heavy atom. The summed E-state index contributed by atoms with van der Waals surface area (Å²) in [5.74, 6) is -0.153. The SMILES string of the molecule is C=C1CCC(N2Cc3cc(CCC(=O)c4cccc(NC5CCN(C)CC5)c4)ccc3C2=O)C(=O)N1. The average Bonchev–Trinajstić information content (AvgIpc) is 3.19. The van der Waals surface area contributed by atoms with E-state index < -0.39 is 6.04 Å². The quantitative estimate of drug-likeness (QED) is 0.583. The number of benzene rings is 2. The van der Waals surface area contributed by atoms with Crippen LogP contribution >= 0.6 is 0 Å². The highest BCUT2D eigenvalue weighted by atomic mass is 16.2. The summed E-state index contributed by atoms with van der Waals surface area (Å²) in [5.41, 5.74) is 5.03. The third-order valence-corrected chi connectivity index (χ3v) is 7.61. The zero-order valence-corrected chi connectivity index (χ0v) is 20.9. The molecular weight excluding hydrogens is 452 g/mol. The minimum absolute atomic E-state index is 0.103. The molecule has 0 spiro atoms. The van der Waals surface area contributed by atoms with Crippen LogP contribution in [-0.4, -0.2) is 59.6 Å². The third kappa shape index (κ3) is 5.21. The Labute approximate surface area is 212 Å². The van der Waals surface area contributed by atoms with Crippen LogP contribution in [0.15, 0.2) is 54.7 Å². The molecule has 2 aromatic rings. The van der Waals surface area contributed by atoms with E-state index in [1.54, 1.807) is 4.90 Å². The van der Waals surface area contributed by atoms with Crippen molar-refractivity contribution in [3.63, 3.8) is 0 Å². The van der Waals surface area contributed by atoms with Gasteiger partial charge < -0.3 is 20.4 Å². The second-order valence-corrected chi connectivity index (χ2v) is 10.3. The summed E-state index contributed by atoms with van der Waals surface area (Å²) in [4.78, 5) is 42.3. The van der Waals surface area contributed by atoms with Gasteiger partial charge in [0.1, 0.15) is 6.04 Å². The Balaban J connectivity index is 1.19. The van der Waals surface area contributed by atoms with E-state index in [9.17, 15) is 14.4 Å². The molecule has 0 aliphatic carbocycles. The van der Waals surface area contributed by atoms with Gasteiger partial charge in [-0.05, 0) is 81.6 Å². The summed E-state index contributed by atoms with van der Waals surface area (Å²) in [6.45, 7) is 6.41. The smallest absolute Gasteiger partial charge is 0.255 e. The summed E-state index contributed by atoms with van der Waals surface area (Å²) in [6, 6.07) is 13.6. The van der Waals surface area contributed by atoms with E-state index in [4.69, 9.17) is 0 Å². The predicted molar refractivity (Wildman–Crippen MR) is 140 cm³/mol. The minimum atomic E-state index is -0.462. The van der Waals surface area contributed by atoms with Gasteiger partial charge in [-0.15, -0.1) is 0 Å². The molecular formula is C29H34N4O3. The Hall–Kier alpha value is -3.45. The highest BCUT2D eigenvalue weighted by molar-refractivity contribution is 6.01. The van der Waals surface area contributed by atoms with E-state index in [2.05, 4.69) is 29.2 Å². The van der Waals surface area contributed by atoms with Crippen LogP contribution in [0.25, 0.3) is 0 Å². The summed E-state index contributed by atoms with van der Waals surface area (Å²) in [6.07, 6.45) is 4.50. The molecule has 3 aliphatic heterocycles. The van der Waals surface area contributed by atoms with Crippen LogP contribution in [0.5, 0.6) is 0 Å². The number of aryl methyl sites for hydroxylation is 1. The molecule has 7 heteroatoms. The summed E-state index contributed by atoms with van der Waals surface area (Å²) in [7, 11) is 2.15. The first-order valence-corrected chi connectivity index (χ1v) is 12.9. The van der Waals surface area contributed by atoms with Crippen molar-refractivity contribution in [2.24, 2.45) is 0 Å². The van der Waals surface area contributed by atoms with Crippen molar-refractivity contribution in [1.82, 2.24) is 15.1 Å². The fourth-order valence-corrected chi connectivity index (χ4v) is 5.44. The third-order valence-electron chi connectivity index (χ3n) is 7.61. The number of hydrogen-bond acceptors (Lipinski definition) is 5. The van der Waals surface area contributed by atoms with Gasteiger partial charge in [0.05, 0.1) is 0 Å². The maximum atomic E-state index is 13.0. The van der Waals surface area contributed by atoms with Gasteiger partial charge >= 0.3 is 0 Å². The number of rotatable bonds is 7. The summed E-state index contributed by atoms with van der Waals surface area (Å²) >= 11 is 0. The number of likely N-dealkylation sites (tertiary alicyclic amines) is 1. The van der Waals surface area contributed by atoms with Crippen LogP contribution in [-0.2, 0) is 17.8 Å². The summed E-state index contributed by atoms with van der Waals surface area (Å²) < 4.78 is 0. The number of carbonyl (C=O) groups excluding carboxylic acids is 3. The zero-order chi connectivity index (χ0) is 25.2. The molecule has 0 saturated carbocycles. The van der Waals surface area contributed by atoms with Crippen molar-refractivity contribution in [2.75, 3.05) is 25.5 Å². The number of ketones is 1. The first-order valence-electron chi connectivity index (χ1n) is 12.9. The molecule has 5 rings (SSSR count). The lowest BCUT2D eigenvalue weighted by atomic mass is 9.99. The molecule has 2 saturated heterocycles. The van der Waals surface area contributed by atoms with E-state index in [0.29, 0.717) is 49.5 Å². The number of piperidine rings is 2. The maximum Gasteiger partial charge on any atom is 0.255 e. The van der Waals surface area contributed by atoms with Crippen LogP contribution < -0.4 is 10.6 Å². The van der Waals surface area contributed by atoms with E-state index in [1.807, 2.05) is 42.5 Å². The number of allylic oxidation sites excluding steroid dienone is 1. The Morgan fingerprint density at radius 2 is 1.92 bits per heavy atom. The lowest BCUT2D eigenvalue weighted by Crippen LogP contribution is -2.49. The van der Waals surface area contributed by atoms with Gasteiger partial charge in [-0.3, -0.25) is 14.4 Å². The molecule has 36 heavy (non-hydrogen) atoms. The number of anilines is 1. The van der Waals surface area contributed by atoms with Gasteiger partial charge in [0.15, 0.2) is 5.78 Å². The first kappa shape index (κ1) is 24.3. The van der Waals surface area contributed by atoms with E-state index in [1.165, 1.54) is 0 Å². The van der Waals surface area contributed by atoms with Gasteiger partial charge in [-0.2, -0.15) is 0 Å². The Kier molecular flexibility index (Phi) is 6.92. The molecule has 0 bridgehead atoms. The molecule has 1 atom stereocenters. The molecule has 2 aromatic carbocycles. The van der Waals surface area contributed by atoms with Crippen molar-refractivity contribution in [1.29, 1.82) is 0 Å². The number of nitrogens with zero attached hydrogens (tertiary/aromatic N) is 2. The normalized spacial score (nSPS) is 20.9. The Bertz CT molecular complexity index is 1200. The summed E-state index contributed by atoms with van der Waals surface area (Å²) in [5, 5.41) is 6.36. The molecule has 2 fully saturated rings. The minimum Gasteiger partial charge on any atom is -0.382 e. The van der Waals surface area contributed by atoms with Crippen LogP contribution in [0.2, 0.25) is 0 Å². The van der Waals surface area contributed by atoms with Crippen LogP contribution in [0, 0.1) is 0 Å². The standard InChI is InChI=1S/C29H34N4O3/c1-19-6-10-26(28(35)30-19)33-18-22-16-20(7-9-25(22)29(33)36)8-11-27(34)21-4-3-5-24(17-21)31-23-12-14-32(2)15-13-23/h3-5,7,9,16-17,23,26,31H,1,6,8,10-15,18H2,2H3,(H,30,35). The largest absolute Gasteiger partial charge is 0.382 e. The second kappa shape index (κ2) is 10.3. The van der Waals surface area contributed by atoms with Crippen LogP contribution in [0.4, 0.5) is 5.69 Å². The number of Topliss-reactive ketones (excluding diaryl/α,β-unsaturated/α-hetero) is 1. The van der Waals surface area contributed by atoms with Crippen molar-refractivity contribution in [3.8, 4) is 0 Å². The van der Waals surface area contributed by atoms with E-state index in [-0.39, 0.29) is 17.6 Å². The Morgan fingerprint density at radius 3 is 2.69 bits per heavy atom. The molecule has 2 amide bonds. The highest BCUT2D eigenvalue weighted by Crippen LogP contribution is 2.29. The lowest BCUT2D eigenvalue weighted by molar-refractivity contribution is -0.126. The molecule has 7 nitrogen and oxygen atoms in total. The number of carbonyl (C=O) groups is 3. The van der Waals surface area contributed by atoms with Gasteiger partial charge in [0, 0.05) is 41.5 Å². The predicted octanol–water partition coefficient (Wildman–Crippen LogP) is 3.76. The molecule has 3 heterocycles. The van der Waals surface area contributed by atoms with Gasteiger partial charge in [0.2, 0.25) is 5.91 Å². The van der Waals surface area contributed by atoms with E-state index >= 15 is 0 Å². The van der Waals surface area contributed by atoms with Gasteiger partial charge in [-0.25, -0.2) is 0 Å². The van der Waals surface area contributed by atoms with Crippen molar-refractivity contribution >= 4 is 23.3 Å². The average molecular weight is 487 g/mol. The fraction of sp³-hybridized carbons (Fsp3) is 0.414.